The van der Waals surface area contributed by atoms with Crippen LogP contribution in [0, 0.1) is 0 Å². The van der Waals surface area contributed by atoms with Crippen LogP contribution < -0.4 is 0 Å². The molecule has 0 amide bonds. The first kappa shape index (κ1) is 36.8. The van der Waals surface area contributed by atoms with Gasteiger partial charge < -0.3 is 18.5 Å². The largest absolute Gasteiger partial charge is 0.748 e. The zero-order chi connectivity index (χ0) is 28.5. The number of likely N-dealkylation sites (N-methyl/N-ethyl adjacent to an activating group) is 1. The molecule has 0 heterocycles. The standard InChI is InChI=1S/C29H57NO7S/c1-4-7-8-9-10-11-12-13-14-15-16-17-18-19-25-36-28(31)21-22-29(32)37-26-24-30(5-2,6-3)23-20-27-38(33,34)35/h4-27H2,1-3H3. The topological polar surface area (TPSA) is 110 Å². The highest BCUT2D eigenvalue weighted by atomic mass is 32.2. The van der Waals surface area contributed by atoms with E-state index in [-0.39, 0.29) is 37.6 Å². The average molecular weight is 564 g/mol. The molecule has 8 nitrogen and oxygen atoms in total. The molecule has 0 aliphatic carbocycles. The normalized spacial score (nSPS) is 12.0. The molecule has 0 radical (unpaired) electrons. The van der Waals surface area contributed by atoms with Gasteiger partial charge >= 0.3 is 11.9 Å². The van der Waals surface area contributed by atoms with Crippen molar-refractivity contribution in [2.24, 2.45) is 0 Å². The summed E-state index contributed by atoms with van der Waals surface area (Å²) in [5, 5.41) is 0. The summed E-state index contributed by atoms with van der Waals surface area (Å²) in [5.41, 5.74) is 0. The van der Waals surface area contributed by atoms with Crippen LogP contribution >= 0.6 is 0 Å². The van der Waals surface area contributed by atoms with Crippen LogP contribution in [-0.4, -0.2) is 74.5 Å². The maximum atomic E-state index is 12.0. The molecule has 0 saturated heterocycles. The van der Waals surface area contributed by atoms with Crippen molar-refractivity contribution in [1.29, 1.82) is 0 Å². The minimum Gasteiger partial charge on any atom is -0.748 e. The number of esters is 2. The molecule has 0 bridgehead atoms. The highest BCUT2D eigenvalue weighted by Crippen LogP contribution is 2.13. The molecule has 0 atom stereocenters. The Kier molecular flexibility index (Phi) is 22.9. The first-order valence-corrected chi connectivity index (χ1v) is 16.9. The van der Waals surface area contributed by atoms with Crippen LogP contribution in [0.2, 0.25) is 0 Å². The lowest BCUT2D eigenvalue weighted by atomic mass is 10.0. The van der Waals surface area contributed by atoms with Gasteiger partial charge in [0.2, 0.25) is 0 Å². The van der Waals surface area contributed by atoms with Crippen LogP contribution in [0.5, 0.6) is 0 Å². The Bertz CT molecular complexity index is 693. The maximum absolute atomic E-state index is 12.0. The molecule has 0 spiro atoms. The van der Waals surface area contributed by atoms with E-state index >= 15 is 0 Å². The number of rotatable bonds is 27. The lowest BCUT2D eigenvalue weighted by Crippen LogP contribution is -2.51. The third kappa shape index (κ3) is 22.8. The van der Waals surface area contributed by atoms with Gasteiger partial charge in [-0.3, -0.25) is 9.59 Å². The molecule has 0 aromatic carbocycles. The second-order valence-corrected chi connectivity index (χ2v) is 12.1. The minimum absolute atomic E-state index is 0.00967. The molecule has 0 saturated carbocycles. The van der Waals surface area contributed by atoms with Crippen LogP contribution in [0.25, 0.3) is 0 Å². The van der Waals surface area contributed by atoms with Gasteiger partial charge in [-0.15, -0.1) is 0 Å². The Morgan fingerprint density at radius 1 is 0.605 bits per heavy atom. The first-order chi connectivity index (χ1) is 18.2. The Morgan fingerprint density at radius 2 is 1.03 bits per heavy atom. The van der Waals surface area contributed by atoms with Gasteiger partial charge in [0.15, 0.2) is 0 Å². The molecule has 0 rings (SSSR count). The van der Waals surface area contributed by atoms with Gasteiger partial charge in [0.25, 0.3) is 0 Å². The highest BCUT2D eigenvalue weighted by Gasteiger charge is 2.23. The van der Waals surface area contributed by atoms with Crippen molar-refractivity contribution < 1.29 is 36.5 Å². The van der Waals surface area contributed by atoms with Crippen molar-refractivity contribution in [1.82, 2.24) is 0 Å². The van der Waals surface area contributed by atoms with E-state index in [1.165, 1.54) is 77.0 Å². The van der Waals surface area contributed by atoms with Crippen molar-refractivity contribution in [2.45, 2.75) is 130 Å². The Hall–Kier alpha value is -1.19. The number of hydrogen-bond acceptors (Lipinski definition) is 7. The SMILES string of the molecule is CCCCCCCCCCCCCCCCOC(=O)CCC(=O)OCC[N+](CC)(CC)CCCS(=O)(=O)[O-]. The average Bonchev–Trinajstić information content (AvgIpc) is 2.88. The first-order valence-electron chi connectivity index (χ1n) is 15.3. The molecular weight excluding hydrogens is 506 g/mol. The van der Waals surface area contributed by atoms with E-state index in [4.69, 9.17) is 9.47 Å². The van der Waals surface area contributed by atoms with E-state index in [2.05, 4.69) is 6.92 Å². The third-order valence-electron chi connectivity index (χ3n) is 7.49. The number of unbranched alkanes of at least 4 members (excludes halogenated alkanes) is 13. The van der Waals surface area contributed by atoms with E-state index in [0.717, 1.165) is 25.9 Å². The summed E-state index contributed by atoms with van der Waals surface area (Å²) in [6.07, 6.45) is 18.2. The molecule has 0 aromatic rings. The molecule has 0 aromatic heterocycles. The van der Waals surface area contributed by atoms with Crippen molar-refractivity contribution in [3.8, 4) is 0 Å². The predicted octanol–water partition coefficient (Wildman–Crippen LogP) is 6.13. The molecular formula is C29H57NO7S. The van der Waals surface area contributed by atoms with E-state index in [1.54, 1.807) is 0 Å². The molecule has 0 aliphatic rings. The van der Waals surface area contributed by atoms with E-state index in [0.29, 0.717) is 24.2 Å². The minimum atomic E-state index is -4.22. The van der Waals surface area contributed by atoms with Gasteiger partial charge in [-0.1, -0.05) is 90.4 Å². The van der Waals surface area contributed by atoms with Crippen LogP contribution in [0.3, 0.4) is 0 Å². The maximum Gasteiger partial charge on any atom is 0.306 e. The third-order valence-corrected chi connectivity index (χ3v) is 8.28. The Morgan fingerprint density at radius 3 is 1.45 bits per heavy atom. The number of quaternary nitrogens is 1. The van der Waals surface area contributed by atoms with Gasteiger partial charge in [-0.2, -0.15) is 0 Å². The van der Waals surface area contributed by atoms with Gasteiger partial charge in [-0.25, -0.2) is 8.42 Å². The van der Waals surface area contributed by atoms with Crippen molar-refractivity contribution in [3.63, 3.8) is 0 Å². The van der Waals surface area contributed by atoms with E-state index in [1.807, 2.05) is 13.8 Å². The predicted molar refractivity (Wildman–Crippen MR) is 152 cm³/mol. The zero-order valence-electron chi connectivity index (χ0n) is 24.7. The molecule has 38 heavy (non-hydrogen) atoms. The molecule has 226 valence electrons. The molecule has 0 aliphatic heterocycles. The van der Waals surface area contributed by atoms with Crippen molar-refractivity contribution in [2.75, 3.05) is 45.1 Å². The van der Waals surface area contributed by atoms with Gasteiger partial charge in [0.05, 0.1) is 49.2 Å². The lowest BCUT2D eigenvalue weighted by molar-refractivity contribution is -0.925. The highest BCUT2D eigenvalue weighted by molar-refractivity contribution is 7.85. The van der Waals surface area contributed by atoms with E-state index in [9.17, 15) is 22.6 Å². The summed E-state index contributed by atoms with van der Waals surface area (Å²) in [7, 11) is -4.22. The van der Waals surface area contributed by atoms with Crippen LogP contribution in [-0.2, 0) is 29.2 Å². The number of carbonyl (C=O) groups excluding carboxylic acids is 2. The number of hydrogen-bond donors (Lipinski definition) is 0. The van der Waals surface area contributed by atoms with Gasteiger partial charge in [0.1, 0.15) is 13.2 Å². The van der Waals surface area contributed by atoms with Gasteiger partial charge in [-0.05, 0) is 20.3 Å². The Balaban J connectivity index is 3.71. The molecule has 9 heteroatoms. The number of carbonyl (C=O) groups is 2. The van der Waals surface area contributed by atoms with Gasteiger partial charge in [0, 0.05) is 12.2 Å². The quantitative estimate of drug-likeness (QED) is 0.0512. The summed E-state index contributed by atoms with van der Waals surface area (Å²) in [4.78, 5) is 23.9. The summed E-state index contributed by atoms with van der Waals surface area (Å²) in [5.74, 6) is -1.19. The number of nitrogens with zero attached hydrogens (tertiary/aromatic N) is 1. The van der Waals surface area contributed by atoms with Crippen LogP contribution in [0.1, 0.15) is 130 Å². The summed E-state index contributed by atoms with van der Waals surface area (Å²) in [6, 6.07) is 0. The monoisotopic (exact) mass is 563 g/mol. The fourth-order valence-corrected chi connectivity index (χ4v) is 5.21. The van der Waals surface area contributed by atoms with Crippen LogP contribution in [0.4, 0.5) is 0 Å². The van der Waals surface area contributed by atoms with E-state index < -0.39 is 16.1 Å². The molecule has 0 N–H and O–H groups in total. The van der Waals surface area contributed by atoms with Crippen LogP contribution in [0.15, 0.2) is 0 Å². The molecule has 0 fully saturated rings. The fourth-order valence-electron chi connectivity index (χ4n) is 4.73. The van der Waals surface area contributed by atoms with Crippen molar-refractivity contribution >= 4 is 22.1 Å². The summed E-state index contributed by atoms with van der Waals surface area (Å²) >= 11 is 0. The number of ether oxygens (including phenoxy) is 2. The second-order valence-electron chi connectivity index (χ2n) is 10.6. The molecule has 0 unspecified atom stereocenters. The fraction of sp³-hybridized carbons (Fsp3) is 0.931. The zero-order valence-corrected chi connectivity index (χ0v) is 25.5. The van der Waals surface area contributed by atoms with Crippen molar-refractivity contribution in [3.05, 3.63) is 0 Å². The smallest absolute Gasteiger partial charge is 0.306 e. The lowest BCUT2D eigenvalue weighted by Gasteiger charge is -2.36. The summed E-state index contributed by atoms with van der Waals surface area (Å²) < 4.78 is 43.7. The second kappa shape index (κ2) is 23.7. The Labute approximate surface area is 233 Å². The summed E-state index contributed by atoms with van der Waals surface area (Å²) in [6.45, 7) is 9.41.